The maximum absolute atomic E-state index is 12.6. The number of hydrogen-bond donors (Lipinski definition) is 1. The topological polar surface area (TPSA) is 66.5 Å². The molecule has 0 saturated heterocycles. The van der Waals surface area contributed by atoms with E-state index < -0.39 is 10.0 Å². The van der Waals surface area contributed by atoms with E-state index in [1.165, 1.54) is 0 Å². The Bertz CT molecular complexity index is 905. The number of benzene rings is 2. The molecule has 0 atom stereocenters. The summed E-state index contributed by atoms with van der Waals surface area (Å²) in [5, 5.41) is 2.85. The van der Waals surface area contributed by atoms with E-state index in [2.05, 4.69) is 5.32 Å². The minimum absolute atomic E-state index is 0.247. The van der Waals surface area contributed by atoms with Crippen molar-refractivity contribution in [3.05, 3.63) is 59.2 Å². The lowest BCUT2D eigenvalue weighted by molar-refractivity contribution is -0.114. The van der Waals surface area contributed by atoms with Gasteiger partial charge in [0.15, 0.2) is 0 Å². The van der Waals surface area contributed by atoms with Gasteiger partial charge in [0.1, 0.15) is 6.54 Å². The molecular formula is C20H26N2O3S. The molecule has 6 heteroatoms. The van der Waals surface area contributed by atoms with Gasteiger partial charge < -0.3 is 5.32 Å². The highest BCUT2D eigenvalue weighted by molar-refractivity contribution is 7.92. The van der Waals surface area contributed by atoms with Crippen molar-refractivity contribution in [3.8, 4) is 0 Å². The number of rotatable bonds is 6. The minimum atomic E-state index is -3.60. The van der Waals surface area contributed by atoms with Gasteiger partial charge in [0.05, 0.1) is 11.9 Å². The molecule has 2 aromatic rings. The van der Waals surface area contributed by atoms with E-state index in [1.54, 1.807) is 12.1 Å². The first-order valence-electron chi connectivity index (χ1n) is 8.54. The second-order valence-corrected chi connectivity index (χ2v) is 8.69. The van der Waals surface area contributed by atoms with Crippen LogP contribution in [0.15, 0.2) is 42.5 Å². The van der Waals surface area contributed by atoms with Gasteiger partial charge in [-0.2, -0.15) is 0 Å². The Labute approximate surface area is 156 Å². The molecule has 5 nitrogen and oxygen atoms in total. The average Bonchev–Trinajstić information content (AvgIpc) is 2.55. The van der Waals surface area contributed by atoms with Crippen LogP contribution in [0.5, 0.6) is 0 Å². The van der Waals surface area contributed by atoms with Crippen molar-refractivity contribution < 1.29 is 13.2 Å². The fourth-order valence-corrected chi connectivity index (χ4v) is 3.73. The highest BCUT2D eigenvalue weighted by Gasteiger charge is 2.23. The van der Waals surface area contributed by atoms with Crippen molar-refractivity contribution in [2.75, 3.05) is 22.4 Å². The number of para-hydroxylation sites is 1. The molecule has 0 aliphatic heterocycles. The predicted octanol–water partition coefficient (Wildman–Crippen LogP) is 3.83. The zero-order valence-corrected chi connectivity index (χ0v) is 16.7. The summed E-state index contributed by atoms with van der Waals surface area (Å²) in [5.74, 6) is -0.124. The molecule has 0 aromatic heterocycles. The van der Waals surface area contributed by atoms with Crippen molar-refractivity contribution in [1.82, 2.24) is 0 Å². The van der Waals surface area contributed by atoms with E-state index in [0.29, 0.717) is 11.4 Å². The number of nitrogens with one attached hydrogen (secondary N) is 1. The van der Waals surface area contributed by atoms with Gasteiger partial charge >= 0.3 is 0 Å². The second kappa shape index (κ2) is 7.91. The van der Waals surface area contributed by atoms with E-state index in [-0.39, 0.29) is 18.4 Å². The van der Waals surface area contributed by atoms with Crippen molar-refractivity contribution in [2.24, 2.45) is 0 Å². The fraction of sp³-hybridized carbons (Fsp3) is 0.350. The zero-order valence-electron chi connectivity index (χ0n) is 15.9. The predicted molar refractivity (Wildman–Crippen MR) is 107 cm³/mol. The number of nitrogens with zero attached hydrogens (tertiary/aromatic N) is 1. The average molecular weight is 375 g/mol. The normalized spacial score (nSPS) is 11.5. The summed E-state index contributed by atoms with van der Waals surface area (Å²) < 4.78 is 25.8. The molecule has 0 radical (unpaired) electrons. The van der Waals surface area contributed by atoms with Crippen LogP contribution in [-0.2, 0) is 14.8 Å². The van der Waals surface area contributed by atoms with E-state index in [4.69, 9.17) is 0 Å². The smallest absolute Gasteiger partial charge is 0.245 e. The lowest BCUT2D eigenvalue weighted by atomic mass is 10.0. The molecule has 1 N–H and O–H groups in total. The Kier molecular flexibility index (Phi) is 6.08. The van der Waals surface area contributed by atoms with Crippen LogP contribution >= 0.6 is 0 Å². The number of aryl methyl sites for hydroxylation is 1. The van der Waals surface area contributed by atoms with Crippen molar-refractivity contribution >= 4 is 27.3 Å². The van der Waals surface area contributed by atoms with E-state index in [0.717, 1.165) is 27.3 Å². The molecule has 2 rings (SSSR count). The third-order valence-corrected chi connectivity index (χ3v) is 5.52. The molecule has 1 amide bonds. The van der Waals surface area contributed by atoms with Gasteiger partial charge in [-0.25, -0.2) is 8.42 Å². The molecule has 0 aliphatic carbocycles. The number of carbonyl (C=O) groups excluding carboxylic acids is 1. The first-order chi connectivity index (χ1) is 12.1. The van der Waals surface area contributed by atoms with Gasteiger partial charge in [0, 0.05) is 5.69 Å². The number of hydrogen-bond acceptors (Lipinski definition) is 3. The maximum atomic E-state index is 12.6. The Morgan fingerprint density at radius 1 is 1.08 bits per heavy atom. The van der Waals surface area contributed by atoms with Crippen LogP contribution in [0.25, 0.3) is 0 Å². The quantitative estimate of drug-likeness (QED) is 0.835. The van der Waals surface area contributed by atoms with Crippen LogP contribution in [-0.4, -0.2) is 27.1 Å². The van der Waals surface area contributed by atoms with E-state index in [1.807, 2.05) is 58.0 Å². The van der Waals surface area contributed by atoms with Crippen LogP contribution in [0, 0.1) is 13.8 Å². The van der Waals surface area contributed by atoms with Crippen LogP contribution in [0.1, 0.15) is 36.5 Å². The molecule has 0 bridgehead atoms. The van der Waals surface area contributed by atoms with Crippen LogP contribution in [0.4, 0.5) is 11.4 Å². The Morgan fingerprint density at radius 2 is 1.73 bits per heavy atom. The molecule has 0 unspecified atom stereocenters. The summed E-state index contributed by atoms with van der Waals surface area (Å²) in [7, 11) is -3.60. The van der Waals surface area contributed by atoms with E-state index >= 15 is 0 Å². The highest BCUT2D eigenvalue weighted by atomic mass is 32.2. The van der Waals surface area contributed by atoms with Gasteiger partial charge in [-0.3, -0.25) is 9.10 Å². The summed E-state index contributed by atoms with van der Waals surface area (Å²) >= 11 is 0. The van der Waals surface area contributed by atoms with Gasteiger partial charge in [0.25, 0.3) is 0 Å². The van der Waals surface area contributed by atoms with Crippen LogP contribution in [0.3, 0.4) is 0 Å². The third kappa shape index (κ3) is 4.64. The zero-order chi connectivity index (χ0) is 19.5. The number of carbonyl (C=O) groups is 1. The van der Waals surface area contributed by atoms with Crippen molar-refractivity contribution in [2.45, 2.75) is 33.6 Å². The Balaban J connectivity index is 2.31. The Morgan fingerprint density at radius 3 is 2.35 bits per heavy atom. The molecular weight excluding hydrogens is 348 g/mol. The number of amides is 1. The van der Waals surface area contributed by atoms with Crippen LogP contribution in [0.2, 0.25) is 0 Å². The van der Waals surface area contributed by atoms with Crippen LogP contribution < -0.4 is 9.62 Å². The molecule has 140 valence electrons. The van der Waals surface area contributed by atoms with E-state index in [9.17, 15) is 13.2 Å². The summed E-state index contributed by atoms with van der Waals surface area (Å²) in [5.41, 5.74) is 4.07. The highest BCUT2D eigenvalue weighted by Crippen LogP contribution is 2.26. The molecule has 0 saturated carbocycles. The van der Waals surface area contributed by atoms with Gasteiger partial charge in [-0.1, -0.05) is 44.2 Å². The lowest BCUT2D eigenvalue weighted by Crippen LogP contribution is -2.38. The molecule has 2 aromatic carbocycles. The lowest BCUT2D eigenvalue weighted by Gasteiger charge is -2.24. The maximum Gasteiger partial charge on any atom is 0.245 e. The van der Waals surface area contributed by atoms with Crippen molar-refractivity contribution in [3.63, 3.8) is 0 Å². The summed E-state index contributed by atoms with van der Waals surface area (Å²) in [6.45, 7) is 7.59. The number of sulfonamides is 1. The Hall–Kier alpha value is -2.34. The molecule has 0 spiro atoms. The van der Waals surface area contributed by atoms with Gasteiger partial charge in [-0.05, 0) is 48.6 Å². The number of anilines is 2. The minimum Gasteiger partial charge on any atom is -0.324 e. The summed E-state index contributed by atoms with van der Waals surface area (Å²) in [6, 6.07) is 13.0. The largest absolute Gasteiger partial charge is 0.324 e. The second-order valence-electron chi connectivity index (χ2n) is 6.78. The SMILES string of the molecule is Cc1cccc(N(CC(=O)Nc2ccccc2C(C)C)S(C)(=O)=O)c1C. The molecule has 0 fully saturated rings. The van der Waals surface area contributed by atoms with Gasteiger partial charge in [0.2, 0.25) is 15.9 Å². The fourth-order valence-electron chi connectivity index (χ4n) is 2.82. The molecule has 0 aliphatic rings. The third-order valence-electron chi connectivity index (χ3n) is 4.39. The first-order valence-corrected chi connectivity index (χ1v) is 10.4. The molecule has 26 heavy (non-hydrogen) atoms. The van der Waals surface area contributed by atoms with Gasteiger partial charge in [-0.15, -0.1) is 0 Å². The summed E-state index contributed by atoms with van der Waals surface area (Å²) in [4.78, 5) is 12.6. The monoisotopic (exact) mass is 374 g/mol. The van der Waals surface area contributed by atoms with Crippen molar-refractivity contribution in [1.29, 1.82) is 0 Å². The first kappa shape index (κ1) is 20.0. The molecule has 0 heterocycles. The summed E-state index contributed by atoms with van der Waals surface area (Å²) in [6.07, 6.45) is 1.12. The standard InChI is InChI=1S/C20H26N2O3S/c1-14(2)17-10-6-7-11-18(17)21-20(23)13-22(26(5,24)25)19-12-8-9-15(3)16(19)4/h6-12,14H,13H2,1-5H3,(H,21,23).